The van der Waals surface area contributed by atoms with Gasteiger partial charge in [0.1, 0.15) is 0 Å². The molecule has 0 aliphatic carbocycles. The van der Waals surface area contributed by atoms with Crippen LogP contribution < -0.4 is 0 Å². The lowest BCUT2D eigenvalue weighted by Gasteiger charge is -2.28. The SMILES string of the molecule is CC(CN1CC(C#N)CC1=O)N1CCCC1. The van der Waals surface area contributed by atoms with Crippen LogP contribution in [0.1, 0.15) is 26.2 Å². The third-order valence-electron chi connectivity index (χ3n) is 3.65. The van der Waals surface area contributed by atoms with Gasteiger partial charge in [0.05, 0.1) is 12.0 Å². The molecule has 0 spiro atoms. The first kappa shape index (κ1) is 11.4. The van der Waals surface area contributed by atoms with E-state index in [-0.39, 0.29) is 11.8 Å². The molecular weight excluding hydrogens is 202 g/mol. The zero-order valence-corrected chi connectivity index (χ0v) is 9.85. The van der Waals surface area contributed by atoms with Gasteiger partial charge in [-0.1, -0.05) is 0 Å². The highest BCUT2D eigenvalue weighted by Crippen LogP contribution is 2.19. The fourth-order valence-corrected chi connectivity index (χ4v) is 2.65. The van der Waals surface area contributed by atoms with Crippen LogP contribution in [0.15, 0.2) is 0 Å². The van der Waals surface area contributed by atoms with Crippen LogP contribution in [0.5, 0.6) is 0 Å². The van der Waals surface area contributed by atoms with Crippen LogP contribution in [0.3, 0.4) is 0 Å². The Morgan fingerprint density at radius 2 is 2.19 bits per heavy atom. The fraction of sp³-hybridized carbons (Fsp3) is 0.833. The maximum Gasteiger partial charge on any atom is 0.224 e. The van der Waals surface area contributed by atoms with Crippen LogP contribution in [0.2, 0.25) is 0 Å². The number of carbonyl (C=O) groups excluding carboxylic acids is 1. The van der Waals surface area contributed by atoms with Crippen molar-refractivity contribution < 1.29 is 4.79 Å². The van der Waals surface area contributed by atoms with Crippen LogP contribution in [0.4, 0.5) is 0 Å². The van der Waals surface area contributed by atoms with Crippen molar-refractivity contribution >= 4 is 5.91 Å². The first-order valence-electron chi connectivity index (χ1n) is 6.12. The van der Waals surface area contributed by atoms with Crippen molar-refractivity contribution in [1.82, 2.24) is 9.80 Å². The molecule has 0 N–H and O–H groups in total. The van der Waals surface area contributed by atoms with Crippen LogP contribution in [-0.4, -0.2) is 47.9 Å². The van der Waals surface area contributed by atoms with Crippen LogP contribution in [-0.2, 0) is 4.79 Å². The standard InChI is InChI=1S/C12H19N3O/c1-10(14-4-2-3-5-14)8-15-9-11(7-13)6-12(15)16/h10-11H,2-6,8-9H2,1H3. The quantitative estimate of drug-likeness (QED) is 0.709. The third-order valence-corrected chi connectivity index (χ3v) is 3.65. The molecule has 2 saturated heterocycles. The highest BCUT2D eigenvalue weighted by molar-refractivity contribution is 5.79. The van der Waals surface area contributed by atoms with Crippen molar-refractivity contribution in [1.29, 1.82) is 5.26 Å². The molecule has 0 aromatic carbocycles. The summed E-state index contributed by atoms with van der Waals surface area (Å²) in [6, 6.07) is 2.63. The molecule has 2 atom stereocenters. The van der Waals surface area contributed by atoms with E-state index in [2.05, 4.69) is 17.9 Å². The first-order valence-corrected chi connectivity index (χ1v) is 6.12. The van der Waals surface area contributed by atoms with Gasteiger partial charge in [-0.3, -0.25) is 9.69 Å². The van der Waals surface area contributed by atoms with E-state index in [0.717, 1.165) is 19.6 Å². The average molecular weight is 221 g/mol. The number of amides is 1. The number of nitriles is 1. The van der Waals surface area contributed by atoms with Crippen molar-refractivity contribution in [2.75, 3.05) is 26.2 Å². The number of hydrogen-bond acceptors (Lipinski definition) is 3. The molecule has 2 unspecified atom stereocenters. The van der Waals surface area contributed by atoms with Crippen molar-refractivity contribution in [3.63, 3.8) is 0 Å². The van der Waals surface area contributed by atoms with E-state index >= 15 is 0 Å². The zero-order chi connectivity index (χ0) is 11.5. The second-order valence-electron chi connectivity index (χ2n) is 4.92. The van der Waals surface area contributed by atoms with Crippen molar-refractivity contribution in [2.45, 2.75) is 32.2 Å². The summed E-state index contributed by atoms with van der Waals surface area (Å²) in [5.41, 5.74) is 0. The average Bonchev–Trinajstić information content (AvgIpc) is 2.88. The van der Waals surface area contributed by atoms with E-state index in [1.54, 1.807) is 0 Å². The third kappa shape index (κ3) is 2.35. The maximum atomic E-state index is 11.7. The zero-order valence-electron chi connectivity index (χ0n) is 9.85. The molecule has 2 fully saturated rings. The minimum Gasteiger partial charge on any atom is -0.340 e. The lowest BCUT2D eigenvalue weighted by molar-refractivity contribution is -0.128. The second-order valence-corrected chi connectivity index (χ2v) is 4.92. The van der Waals surface area contributed by atoms with Crippen molar-refractivity contribution in [3.05, 3.63) is 0 Å². The van der Waals surface area contributed by atoms with Gasteiger partial charge in [0.25, 0.3) is 0 Å². The molecule has 0 bridgehead atoms. The molecule has 2 aliphatic rings. The molecular formula is C12H19N3O. The number of carbonyl (C=O) groups is 1. The van der Waals surface area contributed by atoms with E-state index in [1.165, 1.54) is 12.8 Å². The van der Waals surface area contributed by atoms with Crippen LogP contribution in [0, 0.1) is 17.2 Å². The summed E-state index contributed by atoms with van der Waals surface area (Å²) in [6.07, 6.45) is 2.97. The lowest BCUT2D eigenvalue weighted by atomic mass is 10.1. The second kappa shape index (κ2) is 4.84. The molecule has 0 saturated carbocycles. The van der Waals surface area contributed by atoms with E-state index in [1.807, 2.05) is 4.90 Å². The molecule has 2 heterocycles. The normalized spacial score (nSPS) is 28.4. The maximum absolute atomic E-state index is 11.7. The topological polar surface area (TPSA) is 47.3 Å². The molecule has 0 aromatic rings. The number of likely N-dealkylation sites (tertiary alicyclic amines) is 2. The van der Waals surface area contributed by atoms with Gasteiger partial charge in [0.15, 0.2) is 0 Å². The molecule has 1 amide bonds. The van der Waals surface area contributed by atoms with E-state index in [4.69, 9.17) is 5.26 Å². The van der Waals surface area contributed by atoms with Gasteiger partial charge in [-0.05, 0) is 32.9 Å². The van der Waals surface area contributed by atoms with Gasteiger partial charge in [-0.2, -0.15) is 5.26 Å². The smallest absolute Gasteiger partial charge is 0.224 e. The van der Waals surface area contributed by atoms with Gasteiger partial charge >= 0.3 is 0 Å². The summed E-state index contributed by atoms with van der Waals surface area (Å²) in [7, 11) is 0. The lowest BCUT2D eigenvalue weighted by Crippen LogP contribution is -2.41. The predicted molar refractivity (Wildman–Crippen MR) is 60.6 cm³/mol. The fourth-order valence-electron chi connectivity index (χ4n) is 2.65. The summed E-state index contributed by atoms with van der Waals surface area (Å²) >= 11 is 0. The van der Waals surface area contributed by atoms with E-state index < -0.39 is 0 Å². The molecule has 0 aromatic heterocycles. The highest BCUT2D eigenvalue weighted by Gasteiger charge is 2.31. The van der Waals surface area contributed by atoms with Gasteiger partial charge in [-0.15, -0.1) is 0 Å². The van der Waals surface area contributed by atoms with Gasteiger partial charge < -0.3 is 4.90 Å². The highest BCUT2D eigenvalue weighted by atomic mass is 16.2. The van der Waals surface area contributed by atoms with Crippen LogP contribution >= 0.6 is 0 Å². The van der Waals surface area contributed by atoms with E-state index in [0.29, 0.717) is 19.0 Å². The molecule has 4 heteroatoms. The molecule has 16 heavy (non-hydrogen) atoms. The summed E-state index contributed by atoms with van der Waals surface area (Å²) in [5.74, 6) is 0.0656. The van der Waals surface area contributed by atoms with Crippen LogP contribution in [0.25, 0.3) is 0 Å². The predicted octanol–water partition coefficient (Wildman–Crippen LogP) is 0.843. The number of hydrogen-bond donors (Lipinski definition) is 0. The Labute approximate surface area is 96.8 Å². The summed E-state index contributed by atoms with van der Waals surface area (Å²) < 4.78 is 0. The van der Waals surface area contributed by atoms with Gasteiger partial charge in [0, 0.05) is 25.6 Å². The Kier molecular flexibility index (Phi) is 3.45. The molecule has 0 radical (unpaired) electrons. The van der Waals surface area contributed by atoms with Gasteiger partial charge in [-0.25, -0.2) is 0 Å². The number of rotatable bonds is 3. The van der Waals surface area contributed by atoms with Gasteiger partial charge in [0.2, 0.25) is 5.91 Å². The first-order chi connectivity index (χ1) is 7.70. The molecule has 2 rings (SSSR count). The summed E-state index contributed by atoms with van der Waals surface area (Å²) in [6.45, 7) is 5.92. The monoisotopic (exact) mass is 221 g/mol. The Morgan fingerprint density at radius 1 is 1.50 bits per heavy atom. The Morgan fingerprint density at radius 3 is 2.75 bits per heavy atom. The Balaban J connectivity index is 1.85. The molecule has 4 nitrogen and oxygen atoms in total. The van der Waals surface area contributed by atoms with Crippen molar-refractivity contribution in [2.24, 2.45) is 5.92 Å². The Bertz CT molecular complexity index is 304. The summed E-state index contributed by atoms with van der Waals surface area (Å²) in [5, 5.41) is 8.81. The minimum atomic E-state index is -0.0849. The minimum absolute atomic E-state index is 0.0849. The largest absolute Gasteiger partial charge is 0.340 e. The molecule has 88 valence electrons. The van der Waals surface area contributed by atoms with E-state index in [9.17, 15) is 4.79 Å². The van der Waals surface area contributed by atoms with Crippen molar-refractivity contribution in [3.8, 4) is 6.07 Å². The Hall–Kier alpha value is -1.08. The summed E-state index contributed by atoms with van der Waals surface area (Å²) in [4.78, 5) is 15.9. The number of nitrogens with zero attached hydrogens (tertiary/aromatic N) is 3. The molecule has 2 aliphatic heterocycles.